The lowest BCUT2D eigenvalue weighted by Crippen LogP contribution is -2.27. The van der Waals surface area contributed by atoms with E-state index in [4.69, 9.17) is 4.74 Å². The molecule has 0 aliphatic rings. The van der Waals surface area contributed by atoms with Gasteiger partial charge in [0, 0.05) is 19.4 Å². The van der Waals surface area contributed by atoms with E-state index in [1.807, 2.05) is 0 Å². The fourth-order valence-corrected chi connectivity index (χ4v) is 2.85. The van der Waals surface area contributed by atoms with Gasteiger partial charge in [-0.1, -0.05) is 0 Å². The van der Waals surface area contributed by atoms with Crippen LogP contribution in [0.5, 0.6) is 0 Å². The smallest absolute Gasteiger partial charge is 0.338 e. The van der Waals surface area contributed by atoms with Crippen molar-refractivity contribution < 1.29 is 17.9 Å². The molecular formula is C14H15N3O4S. The van der Waals surface area contributed by atoms with Crippen molar-refractivity contribution in [2.45, 2.75) is 11.8 Å². The van der Waals surface area contributed by atoms with Gasteiger partial charge in [0.2, 0.25) is 0 Å². The zero-order valence-corrected chi connectivity index (χ0v) is 12.9. The second-order valence-corrected chi connectivity index (χ2v) is 6.25. The maximum atomic E-state index is 12.5. The monoisotopic (exact) mass is 321 g/mol. The van der Waals surface area contributed by atoms with Crippen LogP contribution in [0.3, 0.4) is 0 Å². The Morgan fingerprint density at radius 1 is 1.23 bits per heavy atom. The first-order chi connectivity index (χ1) is 10.5. The van der Waals surface area contributed by atoms with Gasteiger partial charge in [-0.05, 0) is 31.2 Å². The second kappa shape index (κ2) is 6.52. The minimum Gasteiger partial charge on any atom is -0.462 e. The predicted octanol–water partition coefficient (Wildman–Crippen LogP) is 1.48. The van der Waals surface area contributed by atoms with E-state index in [2.05, 4.69) is 9.97 Å². The number of benzene rings is 1. The Labute approximate surface area is 128 Å². The number of hydrogen-bond donors (Lipinski definition) is 0. The molecular weight excluding hydrogens is 306 g/mol. The second-order valence-electron chi connectivity index (χ2n) is 4.28. The maximum absolute atomic E-state index is 12.5. The zero-order valence-electron chi connectivity index (χ0n) is 12.1. The van der Waals surface area contributed by atoms with Gasteiger partial charge in [0.05, 0.1) is 23.3 Å². The van der Waals surface area contributed by atoms with E-state index in [1.54, 1.807) is 6.92 Å². The molecule has 0 saturated carbocycles. The summed E-state index contributed by atoms with van der Waals surface area (Å²) in [6.07, 6.45) is 4.22. The molecule has 0 saturated heterocycles. The summed E-state index contributed by atoms with van der Waals surface area (Å²) in [6, 6.07) is 5.54. The van der Waals surface area contributed by atoms with Gasteiger partial charge in [0.25, 0.3) is 10.0 Å². The average Bonchev–Trinajstić information content (AvgIpc) is 2.55. The molecule has 0 atom stereocenters. The van der Waals surface area contributed by atoms with Gasteiger partial charge >= 0.3 is 5.97 Å². The number of aromatic nitrogens is 2. The highest BCUT2D eigenvalue weighted by atomic mass is 32.2. The number of carbonyl (C=O) groups is 1. The van der Waals surface area contributed by atoms with Crippen molar-refractivity contribution in [3.05, 3.63) is 48.4 Å². The molecule has 2 rings (SSSR count). The van der Waals surface area contributed by atoms with Crippen LogP contribution in [-0.2, 0) is 14.8 Å². The van der Waals surface area contributed by atoms with Crippen molar-refractivity contribution in [1.82, 2.24) is 9.97 Å². The minimum absolute atomic E-state index is 0.0497. The summed E-state index contributed by atoms with van der Waals surface area (Å²) in [5.74, 6) is -0.286. The van der Waals surface area contributed by atoms with Crippen LogP contribution in [0.15, 0.2) is 47.8 Å². The lowest BCUT2D eigenvalue weighted by atomic mass is 10.2. The molecule has 0 spiro atoms. The van der Waals surface area contributed by atoms with E-state index in [0.29, 0.717) is 5.56 Å². The molecule has 0 N–H and O–H groups in total. The number of sulfonamides is 1. The van der Waals surface area contributed by atoms with Crippen molar-refractivity contribution in [1.29, 1.82) is 0 Å². The highest BCUT2D eigenvalue weighted by Gasteiger charge is 2.22. The fraction of sp³-hybridized carbons (Fsp3) is 0.214. The summed E-state index contributed by atoms with van der Waals surface area (Å²) < 4.78 is 30.8. The zero-order chi connectivity index (χ0) is 16.2. The number of anilines is 1. The Hall–Kier alpha value is -2.48. The van der Waals surface area contributed by atoms with Gasteiger partial charge in [-0.15, -0.1) is 0 Å². The van der Waals surface area contributed by atoms with Gasteiger partial charge in [-0.25, -0.2) is 18.2 Å². The van der Waals surface area contributed by atoms with Crippen LogP contribution < -0.4 is 4.31 Å². The molecule has 0 aliphatic heterocycles. The highest BCUT2D eigenvalue weighted by molar-refractivity contribution is 7.92. The van der Waals surface area contributed by atoms with E-state index in [-0.39, 0.29) is 17.3 Å². The minimum atomic E-state index is -3.77. The molecule has 0 bridgehead atoms. The summed E-state index contributed by atoms with van der Waals surface area (Å²) in [6.45, 7) is 1.96. The first-order valence-corrected chi connectivity index (χ1v) is 7.93. The van der Waals surface area contributed by atoms with Crippen LogP contribution in [0.1, 0.15) is 17.3 Å². The molecule has 0 radical (unpaired) electrons. The molecule has 116 valence electrons. The molecule has 0 fully saturated rings. The molecule has 0 aliphatic carbocycles. The van der Waals surface area contributed by atoms with Crippen molar-refractivity contribution in [3.8, 4) is 0 Å². The normalized spacial score (nSPS) is 11.0. The largest absolute Gasteiger partial charge is 0.462 e. The molecule has 1 heterocycles. The first-order valence-electron chi connectivity index (χ1n) is 6.49. The lowest BCUT2D eigenvalue weighted by Gasteiger charge is -2.17. The third-order valence-corrected chi connectivity index (χ3v) is 4.67. The van der Waals surface area contributed by atoms with E-state index in [0.717, 1.165) is 4.31 Å². The highest BCUT2D eigenvalue weighted by Crippen LogP contribution is 2.19. The summed E-state index contributed by atoms with van der Waals surface area (Å²) in [4.78, 5) is 19.4. The standard InChI is InChI=1S/C14H15N3O4S/c1-3-21-14(18)11-4-6-12(7-5-11)22(19,20)17(2)13-10-15-8-9-16-13/h4-10H,3H2,1-2H3. The van der Waals surface area contributed by atoms with Crippen LogP contribution in [0.4, 0.5) is 5.82 Å². The topological polar surface area (TPSA) is 89.5 Å². The fourth-order valence-electron chi connectivity index (χ4n) is 1.71. The van der Waals surface area contributed by atoms with E-state index in [9.17, 15) is 13.2 Å². The molecule has 0 amide bonds. The number of rotatable bonds is 5. The summed E-state index contributed by atoms with van der Waals surface area (Å²) in [7, 11) is -2.38. The third-order valence-electron chi connectivity index (χ3n) is 2.90. The molecule has 8 heteroatoms. The van der Waals surface area contributed by atoms with Gasteiger partial charge in [-0.3, -0.25) is 9.29 Å². The number of ether oxygens (including phenoxy) is 1. The van der Waals surface area contributed by atoms with Crippen LogP contribution in [0.25, 0.3) is 0 Å². The van der Waals surface area contributed by atoms with Crippen molar-refractivity contribution in [3.63, 3.8) is 0 Å². The maximum Gasteiger partial charge on any atom is 0.338 e. The Morgan fingerprint density at radius 2 is 1.91 bits per heavy atom. The van der Waals surface area contributed by atoms with Crippen molar-refractivity contribution >= 4 is 21.8 Å². The molecule has 7 nitrogen and oxygen atoms in total. The Kier molecular flexibility index (Phi) is 4.71. The van der Waals surface area contributed by atoms with Crippen LogP contribution in [0.2, 0.25) is 0 Å². The Morgan fingerprint density at radius 3 is 2.45 bits per heavy atom. The predicted molar refractivity (Wildman–Crippen MR) is 80.0 cm³/mol. The van der Waals surface area contributed by atoms with E-state index in [1.165, 1.54) is 49.9 Å². The SMILES string of the molecule is CCOC(=O)c1ccc(S(=O)(=O)N(C)c2cnccn2)cc1. The van der Waals surface area contributed by atoms with Gasteiger partial charge < -0.3 is 4.74 Å². The number of carbonyl (C=O) groups excluding carboxylic acids is 1. The molecule has 22 heavy (non-hydrogen) atoms. The van der Waals surface area contributed by atoms with E-state index < -0.39 is 16.0 Å². The number of hydrogen-bond acceptors (Lipinski definition) is 6. The van der Waals surface area contributed by atoms with Gasteiger partial charge in [0.15, 0.2) is 5.82 Å². The Balaban J connectivity index is 2.28. The van der Waals surface area contributed by atoms with Crippen LogP contribution >= 0.6 is 0 Å². The van der Waals surface area contributed by atoms with Gasteiger partial charge in [0.1, 0.15) is 0 Å². The number of esters is 1. The molecule has 1 aromatic carbocycles. The van der Waals surface area contributed by atoms with Gasteiger partial charge in [-0.2, -0.15) is 0 Å². The third kappa shape index (κ3) is 3.22. The summed E-state index contributed by atoms with van der Waals surface area (Å²) >= 11 is 0. The lowest BCUT2D eigenvalue weighted by molar-refractivity contribution is 0.0526. The van der Waals surface area contributed by atoms with Crippen molar-refractivity contribution in [2.75, 3.05) is 18.0 Å². The van der Waals surface area contributed by atoms with Crippen LogP contribution in [0, 0.1) is 0 Å². The molecule has 2 aromatic rings. The quantitative estimate of drug-likeness (QED) is 0.775. The molecule has 1 aromatic heterocycles. The van der Waals surface area contributed by atoms with Crippen LogP contribution in [-0.4, -0.2) is 38.0 Å². The van der Waals surface area contributed by atoms with E-state index >= 15 is 0 Å². The number of nitrogens with zero attached hydrogens (tertiary/aromatic N) is 3. The average molecular weight is 321 g/mol. The molecule has 0 unspecified atom stereocenters. The summed E-state index contributed by atoms with van der Waals surface area (Å²) in [5, 5.41) is 0. The van der Waals surface area contributed by atoms with Crippen molar-refractivity contribution in [2.24, 2.45) is 0 Å². The summed E-state index contributed by atoms with van der Waals surface area (Å²) in [5.41, 5.74) is 0.294. The first kappa shape index (κ1) is 15.9. The Bertz CT molecular complexity index is 745.